The summed E-state index contributed by atoms with van der Waals surface area (Å²) in [7, 11) is 0. The Morgan fingerprint density at radius 1 is 0.459 bits per heavy atom. The first-order valence-electron chi connectivity index (χ1n) is 27.2. The Balaban J connectivity index is 1.29. The maximum absolute atomic E-state index is 6.07. The summed E-state index contributed by atoms with van der Waals surface area (Å²) in [5, 5.41) is 2.31. The molecule has 2 aliphatic heterocycles. The molecule has 0 unspecified atom stereocenters. The molecule has 0 saturated heterocycles. The van der Waals surface area contributed by atoms with Gasteiger partial charge in [0.25, 0.3) is 6.71 Å². The topological polar surface area (TPSA) is 35.5 Å². The third-order valence-electron chi connectivity index (χ3n) is 16.8. The van der Waals surface area contributed by atoms with Crippen LogP contribution in [0.2, 0.25) is 0 Å². The Morgan fingerprint density at radius 3 is 1.39 bits per heavy atom. The van der Waals surface area contributed by atoms with Gasteiger partial charge in [-0.3, -0.25) is 14.7 Å². The lowest BCUT2D eigenvalue weighted by molar-refractivity contribution is 0.332. The Bertz CT molecular complexity index is 3350. The molecule has 8 aromatic rings. The van der Waals surface area contributed by atoms with Crippen LogP contribution >= 0.6 is 0 Å². The van der Waals surface area contributed by atoms with Gasteiger partial charge in [0.1, 0.15) is 11.6 Å². The first kappa shape index (κ1) is 49.6. The van der Waals surface area contributed by atoms with E-state index in [2.05, 4.69) is 271 Å². The number of rotatable bonds is 5. The lowest BCUT2D eigenvalue weighted by atomic mass is 9.33. The summed E-state index contributed by atoms with van der Waals surface area (Å²) in [5.74, 6) is 2.41. The minimum absolute atomic E-state index is 0.0125. The van der Waals surface area contributed by atoms with Gasteiger partial charge in [-0.05, 0) is 150 Å². The summed E-state index contributed by atoms with van der Waals surface area (Å²) in [6.07, 6.45) is 2.26. The molecule has 1 aliphatic carbocycles. The molecule has 3 heterocycles. The van der Waals surface area contributed by atoms with Gasteiger partial charge < -0.3 is 0 Å². The molecule has 5 nitrogen and oxygen atoms in total. The highest BCUT2D eigenvalue weighted by Gasteiger charge is 2.47. The number of nitrogens with zero attached hydrogens (tertiary/aromatic N) is 5. The molecule has 0 spiro atoms. The molecule has 376 valence electrons. The van der Waals surface area contributed by atoms with Gasteiger partial charge in [0.2, 0.25) is 5.95 Å². The van der Waals surface area contributed by atoms with E-state index in [0.29, 0.717) is 5.95 Å². The molecule has 74 heavy (non-hydrogen) atoms. The highest BCUT2D eigenvalue weighted by atomic mass is 15.3. The van der Waals surface area contributed by atoms with Gasteiger partial charge in [0.15, 0.2) is 0 Å². The third-order valence-corrected chi connectivity index (χ3v) is 16.8. The van der Waals surface area contributed by atoms with Crippen molar-refractivity contribution in [3.8, 4) is 0 Å². The Hall–Kier alpha value is -6.66. The molecular weight excluding hydrogens is 898 g/mol. The normalized spacial score (nSPS) is 15.9. The summed E-state index contributed by atoms with van der Waals surface area (Å²) >= 11 is 0. The van der Waals surface area contributed by atoms with Crippen LogP contribution in [0.15, 0.2) is 146 Å². The van der Waals surface area contributed by atoms with Crippen molar-refractivity contribution in [1.29, 1.82) is 0 Å². The number of benzene rings is 7. The lowest BCUT2D eigenvalue weighted by Crippen LogP contribution is -2.62. The zero-order valence-corrected chi connectivity index (χ0v) is 47.1. The molecule has 0 fully saturated rings. The fourth-order valence-electron chi connectivity index (χ4n) is 12.0. The van der Waals surface area contributed by atoms with Crippen LogP contribution in [-0.2, 0) is 32.5 Å². The predicted molar refractivity (Wildman–Crippen MR) is 318 cm³/mol. The minimum atomic E-state index is -0.156. The average molecular weight is 974 g/mol. The number of fused-ring (bicyclic) bond motifs is 6. The summed E-state index contributed by atoms with van der Waals surface area (Å²) in [5.41, 5.74) is 18.0. The van der Waals surface area contributed by atoms with Crippen LogP contribution < -0.4 is 31.1 Å². The van der Waals surface area contributed by atoms with E-state index in [1.54, 1.807) is 0 Å². The third kappa shape index (κ3) is 8.32. The number of aromatic nitrogens is 2. The summed E-state index contributed by atoms with van der Waals surface area (Å²) in [4.78, 5) is 19.4. The SMILES string of the molecule is CC(C)(C)c1ccc(N2c3ccc(C(C)(C)C)cc3B3c4cc(C(C)(C)C)ccc4N(c4ccc(C(C)(C)C)cc4)c4nc(N(c5ccc6c(c5)C(C)(C)CCC6(C)C)c5cccc6ccccc56)nc2c43)cc1. The molecule has 11 rings (SSSR count). The quantitative estimate of drug-likeness (QED) is 0.161. The number of hydrogen-bond donors (Lipinski definition) is 0. The highest BCUT2D eigenvalue weighted by molar-refractivity contribution is 7.00. The first-order valence-corrected chi connectivity index (χ1v) is 27.2. The maximum Gasteiger partial charge on any atom is 0.256 e. The molecule has 0 N–H and O–H groups in total. The molecule has 0 saturated carbocycles. The smallest absolute Gasteiger partial charge is 0.256 e. The zero-order valence-electron chi connectivity index (χ0n) is 47.1. The zero-order chi connectivity index (χ0) is 52.7. The van der Waals surface area contributed by atoms with E-state index in [1.807, 2.05) is 0 Å². The van der Waals surface area contributed by atoms with E-state index in [-0.39, 0.29) is 39.2 Å². The van der Waals surface area contributed by atoms with E-state index in [0.717, 1.165) is 69.5 Å². The van der Waals surface area contributed by atoms with Crippen LogP contribution in [0.3, 0.4) is 0 Å². The van der Waals surface area contributed by atoms with Gasteiger partial charge >= 0.3 is 0 Å². The molecular formula is C68H76BN5. The van der Waals surface area contributed by atoms with Crippen LogP contribution in [0.1, 0.15) is 157 Å². The van der Waals surface area contributed by atoms with Crippen LogP contribution in [0.5, 0.6) is 0 Å². The standard InChI is InChI=1S/C68H76BN5/c1-63(2,3)44-24-30-48(31-25-44)72-57-36-28-46(65(7,8)9)40-54(57)69-55-41-47(66(10,11)12)29-37-58(55)73(49-32-26-45(27-33-49)64(4,5)6)61-59(69)60(72)70-62(71-61)74(56-23-19-21-43-20-17-18-22-51(43)56)50-34-35-52-53(42-50)68(15,16)39-38-67(52,13)14/h17-37,40-42H,38-39H2,1-16H3. The van der Waals surface area contributed by atoms with Crippen molar-refractivity contribution in [3.63, 3.8) is 0 Å². The first-order chi connectivity index (χ1) is 34.7. The second-order valence-electron chi connectivity index (χ2n) is 27.2. The monoisotopic (exact) mass is 974 g/mol. The van der Waals surface area contributed by atoms with E-state index in [1.165, 1.54) is 49.7 Å². The van der Waals surface area contributed by atoms with Gasteiger partial charge in [-0.1, -0.05) is 202 Å². The Labute approximate surface area is 443 Å². The maximum atomic E-state index is 6.07. The van der Waals surface area contributed by atoms with Crippen molar-refractivity contribution in [2.45, 2.75) is 156 Å². The van der Waals surface area contributed by atoms with E-state index in [9.17, 15) is 0 Å². The average Bonchev–Trinajstić information content (AvgIpc) is 3.39. The van der Waals surface area contributed by atoms with Gasteiger partial charge in [-0.15, -0.1) is 0 Å². The number of anilines is 9. The fraction of sp³-hybridized carbons (Fsp3) is 0.353. The van der Waals surface area contributed by atoms with Gasteiger partial charge in [-0.2, -0.15) is 9.97 Å². The van der Waals surface area contributed by atoms with Gasteiger partial charge in [0, 0.05) is 39.3 Å². The number of hydrogen-bond acceptors (Lipinski definition) is 5. The molecule has 6 heteroatoms. The Kier molecular flexibility index (Phi) is 11.3. The minimum Gasteiger partial charge on any atom is -0.296 e. The van der Waals surface area contributed by atoms with Crippen molar-refractivity contribution in [1.82, 2.24) is 9.97 Å². The largest absolute Gasteiger partial charge is 0.296 e. The summed E-state index contributed by atoms with van der Waals surface area (Å²) in [6, 6.07) is 55.5. The summed E-state index contributed by atoms with van der Waals surface area (Å²) in [6.45, 7) is 37.2. The van der Waals surface area contributed by atoms with Crippen molar-refractivity contribution in [3.05, 3.63) is 179 Å². The lowest BCUT2D eigenvalue weighted by Gasteiger charge is -2.44. The van der Waals surface area contributed by atoms with E-state index >= 15 is 0 Å². The van der Waals surface area contributed by atoms with Crippen LogP contribution in [0.4, 0.5) is 51.7 Å². The Morgan fingerprint density at radius 2 is 0.905 bits per heavy atom. The predicted octanol–water partition coefficient (Wildman–Crippen LogP) is 16.7. The van der Waals surface area contributed by atoms with Gasteiger partial charge in [-0.25, -0.2) is 0 Å². The molecule has 0 bridgehead atoms. The van der Waals surface area contributed by atoms with E-state index in [4.69, 9.17) is 9.97 Å². The fourth-order valence-corrected chi connectivity index (χ4v) is 12.0. The van der Waals surface area contributed by atoms with E-state index < -0.39 is 0 Å². The van der Waals surface area contributed by atoms with Gasteiger partial charge in [0.05, 0.1) is 5.69 Å². The van der Waals surface area contributed by atoms with Crippen molar-refractivity contribution >= 4 is 85.6 Å². The molecule has 0 amide bonds. The highest BCUT2D eigenvalue weighted by Crippen LogP contribution is 2.51. The van der Waals surface area contributed by atoms with Crippen molar-refractivity contribution < 1.29 is 0 Å². The molecule has 0 radical (unpaired) electrons. The second-order valence-corrected chi connectivity index (χ2v) is 27.2. The van der Waals surface area contributed by atoms with Crippen molar-refractivity contribution in [2.24, 2.45) is 0 Å². The summed E-state index contributed by atoms with van der Waals surface area (Å²) < 4.78 is 0. The van der Waals surface area contributed by atoms with Crippen molar-refractivity contribution in [2.75, 3.05) is 14.7 Å². The second kappa shape index (κ2) is 16.9. The van der Waals surface area contributed by atoms with Crippen LogP contribution in [-0.4, -0.2) is 16.7 Å². The molecule has 3 aliphatic rings. The molecule has 7 aromatic carbocycles. The molecule has 0 atom stereocenters. The molecule has 1 aromatic heterocycles. The van der Waals surface area contributed by atoms with Crippen LogP contribution in [0.25, 0.3) is 10.8 Å². The van der Waals surface area contributed by atoms with Crippen LogP contribution in [0, 0.1) is 0 Å².